The van der Waals surface area contributed by atoms with Crippen LogP contribution in [0.3, 0.4) is 0 Å². The first-order chi connectivity index (χ1) is 18.9. The largest absolute Gasteiger partial charge is 0.396 e. The van der Waals surface area contributed by atoms with Gasteiger partial charge < -0.3 is 24.5 Å². The van der Waals surface area contributed by atoms with Crippen LogP contribution < -0.4 is 4.90 Å². The fourth-order valence-electron chi connectivity index (χ4n) is 6.73. The first-order valence-corrected chi connectivity index (χ1v) is 14.4. The molecule has 1 N–H and O–H groups in total. The van der Waals surface area contributed by atoms with Crippen LogP contribution in [0.5, 0.6) is 0 Å². The quantitative estimate of drug-likeness (QED) is 0.273. The number of rotatable bonds is 15. The molecule has 1 aromatic rings. The number of aliphatic hydroxyl groups excluding tert-OH is 1. The first kappa shape index (κ1) is 29.0. The summed E-state index contributed by atoms with van der Waals surface area (Å²) < 4.78 is 6.63. The third kappa shape index (κ3) is 5.41. The Bertz CT molecular complexity index is 1050. The van der Waals surface area contributed by atoms with Gasteiger partial charge in [-0.05, 0) is 50.7 Å². The van der Waals surface area contributed by atoms with E-state index in [2.05, 4.69) is 20.1 Å². The highest BCUT2D eigenvalue weighted by Crippen LogP contribution is 2.59. The number of hydrogen-bond acceptors (Lipinski definition) is 5. The molecule has 4 rings (SSSR count). The maximum atomic E-state index is 14.2. The van der Waals surface area contributed by atoms with Crippen molar-refractivity contribution in [3.8, 4) is 0 Å². The molecule has 3 saturated heterocycles. The number of carbonyl (C=O) groups excluding carboxylic acids is 3. The Kier molecular flexibility index (Phi) is 9.62. The summed E-state index contributed by atoms with van der Waals surface area (Å²) in [4.78, 5) is 47.7. The van der Waals surface area contributed by atoms with E-state index in [1.54, 1.807) is 26.9 Å². The number of carbonyl (C=O) groups is 3. The van der Waals surface area contributed by atoms with Crippen LogP contribution in [0.2, 0.25) is 0 Å². The second-order valence-corrected chi connectivity index (χ2v) is 10.9. The fraction of sp³-hybridized carbons (Fsp3) is 0.581. The van der Waals surface area contributed by atoms with Gasteiger partial charge >= 0.3 is 0 Å². The van der Waals surface area contributed by atoms with Crippen molar-refractivity contribution in [2.24, 2.45) is 11.8 Å². The van der Waals surface area contributed by atoms with E-state index in [0.29, 0.717) is 51.9 Å². The van der Waals surface area contributed by atoms with Crippen LogP contribution >= 0.6 is 0 Å². The zero-order chi connectivity index (χ0) is 28.0. The number of para-hydroxylation sites is 1. The van der Waals surface area contributed by atoms with Gasteiger partial charge in [0.1, 0.15) is 11.6 Å². The summed E-state index contributed by atoms with van der Waals surface area (Å²) in [5, 5.41) is 9.25. The molecule has 212 valence electrons. The molecule has 3 heterocycles. The van der Waals surface area contributed by atoms with Gasteiger partial charge in [0.15, 0.2) is 0 Å². The molecule has 8 heteroatoms. The Hall–Kier alpha value is -2.97. The van der Waals surface area contributed by atoms with E-state index in [0.717, 1.165) is 24.9 Å². The number of amides is 3. The van der Waals surface area contributed by atoms with Crippen molar-refractivity contribution in [3.63, 3.8) is 0 Å². The number of aliphatic hydroxyl groups is 1. The summed E-state index contributed by atoms with van der Waals surface area (Å²) >= 11 is 0. The predicted molar refractivity (Wildman–Crippen MR) is 151 cm³/mol. The summed E-state index contributed by atoms with van der Waals surface area (Å²) in [6, 6.07) is 8.64. The maximum absolute atomic E-state index is 14.2. The van der Waals surface area contributed by atoms with Gasteiger partial charge in [-0.1, -0.05) is 43.7 Å². The van der Waals surface area contributed by atoms with Crippen LogP contribution in [0, 0.1) is 11.8 Å². The van der Waals surface area contributed by atoms with E-state index in [-0.39, 0.29) is 24.3 Å². The second-order valence-electron chi connectivity index (χ2n) is 10.9. The SMILES string of the molecule is C=CCN(CCCC)C(=O)C1N(CCCCCO)C(=O)[C@@H]2[C@@H](C(=O)N(CC=C)c3ccccc3)[C@H]3CCC12O3. The van der Waals surface area contributed by atoms with Crippen LogP contribution in [0.4, 0.5) is 5.69 Å². The van der Waals surface area contributed by atoms with Gasteiger partial charge in [-0.25, -0.2) is 0 Å². The van der Waals surface area contributed by atoms with E-state index in [1.807, 2.05) is 30.3 Å². The van der Waals surface area contributed by atoms with Crippen molar-refractivity contribution in [2.75, 3.05) is 37.7 Å². The van der Waals surface area contributed by atoms with Gasteiger partial charge in [-0.2, -0.15) is 0 Å². The molecular formula is C31H43N3O5. The highest BCUT2D eigenvalue weighted by Gasteiger charge is 2.74. The molecule has 1 spiro atoms. The van der Waals surface area contributed by atoms with Crippen molar-refractivity contribution < 1.29 is 24.2 Å². The van der Waals surface area contributed by atoms with E-state index >= 15 is 0 Å². The Morgan fingerprint density at radius 3 is 2.51 bits per heavy atom. The maximum Gasteiger partial charge on any atom is 0.248 e. The molecule has 8 nitrogen and oxygen atoms in total. The first-order valence-electron chi connectivity index (χ1n) is 14.4. The summed E-state index contributed by atoms with van der Waals surface area (Å²) in [7, 11) is 0. The van der Waals surface area contributed by atoms with Crippen molar-refractivity contribution in [2.45, 2.75) is 69.6 Å². The van der Waals surface area contributed by atoms with Crippen LogP contribution in [-0.2, 0) is 19.1 Å². The number of hydrogen-bond donors (Lipinski definition) is 1. The van der Waals surface area contributed by atoms with Crippen molar-refractivity contribution in [1.29, 1.82) is 0 Å². The molecule has 1 aromatic carbocycles. The molecule has 39 heavy (non-hydrogen) atoms. The van der Waals surface area contributed by atoms with Crippen LogP contribution in [0.15, 0.2) is 55.6 Å². The monoisotopic (exact) mass is 537 g/mol. The van der Waals surface area contributed by atoms with Gasteiger partial charge in [0, 0.05) is 38.5 Å². The lowest BCUT2D eigenvalue weighted by Crippen LogP contribution is -2.56. The molecule has 3 aliphatic heterocycles. The van der Waals surface area contributed by atoms with Gasteiger partial charge in [0.25, 0.3) is 0 Å². The number of nitrogens with zero attached hydrogens (tertiary/aromatic N) is 3. The number of fused-ring (bicyclic) bond motifs is 1. The fourth-order valence-corrected chi connectivity index (χ4v) is 6.73. The summed E-state index contributed by atoms with van der Waals surface area (Å²) in [5.74, 6) is -1.82. The molecule has 0 radical (unpaired) electrons. The Morgan fingerprint density at radius 2 is 1.85 bits per heavy atom. The van der Waals surface area contributed by atoms with Gasteiger partial charge in [-0.15, -0.1) is 13.2 Å². The highest BCUT2D eigenvalue weighted by molar-refractivity contribution is 6.03. The van der Waals surface area contributed by atoms with Gasteiger partial charge in [0.05, 0.1) is 17.9 Å². The number of likely N-dealkylation sites (tertiary alicyclic amines) is 1. The predicted octanol–water partition coefficient (Wildman–Crippen LogP) is 3.56. The molecule has 0 saturated carbocycles. The van der Waals surface area contributed by atoms with Gasteiger partial charge in [0.2, 0.25) is 17.7 Å². The molecule has 2 bridgehead atoms. The lowest BCUT2D eigenvalue weighted by Gasteiger charge is -2.37. The van der Waals surface area contributed by atoms with Gasteiger partial charge in [-0.3, -0.25) is 14.4 Å². The summed E-state index contributed by atoms with van der Waals surface area (Å²) in [6.07, 6.45) is 8.06. The molecule has 2 unspecified atom stereocenters. The lowest BCUT2D eigenvalue weighted by atomic mass is 9.70. The van der Waals surface area contributed by atoms with Crippen LogP contribution in [0.1, 0.15) is 51.9 Å². The van der Waals surface area contributed by atoms with E-state index in [4.69, 9.17) is 4.74 Å². The highest BCUT2D eigenvalue weighted by atomic mass is 16.5. The molecular weight excluding hydrogens is 494 g/mol. The number of unbranched alkanes of at least 4 members (excludes halogenated alkanes) is 3. The Labute approximate surface area is 232 Å². The lowest BCUT2D eigenvalue weighted by molar-refractivity contribution is -0.147. The third-order valence-corrected chi connectivity index (χ3v) is 8.46. The third-order valence-electron chi connectivity index (χ3n) is 8.46. The van der Waals surface area contributed by atoms with Crippen molar-refractivity contribution >= 4 is 23.4 Å². The van der Waals surface area contributed by atoms with E-state index in [9.17, 15) is 19.5 Å². The van der Waals surface area contributed by atoms with Crippen molar-refractivity contribution in [3.05, 3.63) is 55.6 Å². The number of ether oxygens (including phenoxy) is 1. The Balaban J connectivity index is 1.70. The average molecular weight is 538 g/mol. The van der Waals surface area contributed by atoms with E-state index in [1.165, 1.54) is 0 Å². The van der Waals surface area contributed by atoms with Crippen LogP contribution in [0.25, 0.3) is 0 Å². The molecule has 3 aliphatic rings. The Morgan fingerprint density at radius 1 is 1.10 bits per heavy atom. The molecule has 0 aromatic heterocycles. The second kappa shape index (κ2) is 12.9. The van der Waals surface area contributed by atoms with Crippen LogP contribution in [-0.4, -0.2) is 83.2 Å². The smallest absolute Gasteiger partial charge is 0.248 e. The number of benzene rings is 1. The normalized spacial score (nSPS) is 26.9. The zero-order valence-corrected chi connectivity index (χ0v) is 23.2. The zero-order valence-electron chi connectivity index (χ0n) is 23.2. The van der Waals surface area contributed by atoms with E-state index < -0.39 is 29.6 Å². The molecule has 5 atom stereocenters. The summed E-state index contributed by atoms with van der Waals surface area (Å²) in [6.45, 7) is 11.6. The minimum Gasteiger partial charge on any atom is -0.396 e. The standard InChI is InChI=1S/C31H43N3O5/c1-4-7-20-32(18-5-2)30(38)27-31-17-16-24(39-31)25(26(31)29(37)34(27)21-12-9-13-22-35)28(36)33(19-6-3)23-14-10-8-11-15-23/h5-6,8,10-11,14-15,24-27,35H,2-4,7,9,12-13,16-22H2,1H3/t24-,25+,26+,27?,31?/m1/s1. The number of anilines is 1. The summed E-state index contributed by atoms with van der Waals surface area (Å²) in [5.41, 5.74) is -0.270. The topological polar surface area (TPSA) is 90.4 Å². The minimum absolute atomic E-state index is 0.0903. The average Bonchev–Trinajstić information content (AvgIpc) is 3.59. The minimum atomic E-state index is -1.02. The molecule has 3 amide bonds. The molecule has 0 aliphatic carbocycles. The molecule has 3 fully saturated rings. The van der Waals surface area contributed by atoms with Crippen molar-refractivity contribution in [1.82, 2.24) is 9.80 Å².